The number of imidazole rings is 1. The number of aliphatic hydroxyl groups is 1. The highest BCUT2D eigenvalue weighted by Crippen LogP contribution is 2.35. The Morgan fingerprint density at radius 3 is 2.93 bits per heavy atom. The zero-order chi connectivity index (χ0) is 20.8. The Labute approximate surface area is 169 Å². The van der Waals surface area contributed by atoms with Gasteiger partial charge < -0.3 is 14.6 Å². The van der Waals surface area contributed by atoms with Gasteiger partial charge in [0.05, 0.1) is 34.4 Å². The number of pyridine rings is 1. The van der Waals surface area contributed by atoms with Crippen molar-refractivity contribution < 1.29 is 23.1 Å². The van der Waals surface area contributed by atoms with Gasteiger partial charge in [-0.2, -0.15) is 13.2 Å². The highest BCUT2D eigenvalue weighted by molar-refractivity contribution is 7.18. The van der Waals surface area contributed by atoms with Crippen molar-refractivity contribution in [3.63, 3.8) is 0 Å². The van der Waals surface area contributed by atoms with Crippen LogP contribution in [0.3, 0.4) is 0 Å². The van der Waals surface area contributed by atoms with Crippen LogP contribution in [-0.4, -0.2) is 49.7 Å². The number of carbonyl (C=O) groups excluding carboxylic acids is 1. The van der Waals surface area contributed by atoms with Gasteiger partial charge in [-0.1, -0.05) is 0 Å². The first-order valence-corrected chi connectivity index (χ1v) is 10.4. The highest BCUT2D eigenvalue weighted by atomic mass is 32.1. The van der Waals surface area contributed by atoms with Crippen LogP contribution in [0.4, 0.5) is 13.2 Å². The number of nitrogens with zero attached hydrogens (tertiary/aromatic N) is 4. The standard InChI is InChI=1S/C19H21F3N4O2S/c1-11(27)18-24-14-9-23-13-5-8-29-17(13)16(14)26(18)12-3-2-7-25(10-12)15(28)4-6-19(20,21)22/h5,8-9,11-12,27H,2-4,6-7,10H2,1H3. The van der Waals surface area contributed by atoms with Crippen LogP contribution in [0.25, 0.3) is 21.3 Å². The van der Waals surface area contributed by atoms with E-state index in [-0.39, 0.29) is 6.04 Å². The Balaban J connectivity index is 1.69. The maximum Gasteiger partial charge on any atom is 0.389 e. The van der Waals surface area contributed by atoms with Crippen molar-refractivity contribution >= 4 is 38.5 Å². The lowest BCUT2D eigenvalue weighted by atomic mass is 10.0. The van der Waals surface area contributed by atoms with Gasteiger partial charge in [0.1, 0.15) is 17.4 Å². The molecule has 0 saturated carbocycles. The van der Waals surface area contributed by atoms with E-state index in [4.69, 9.17) is 0 Å². The van der Waals surface area contributed by atoms with Gasteiger partial charge >= 0.3 is 6.18 Å². The number of amides is 1. The van der Waals surface area contributed by atoms with E-state index in [0.29, 0.717) is 30.9 Å². The molecule has 0 aromatic carbocycles. The summed E-state index contributed by atoms with van der Waals surface area (Å²) in [5, 5.41) is 12.2. The molecule has 10 heteroatoms. The van der Waals surface area contributed by atoms with Gasteiger partial charge in [0.15, 0.2) is 0 Å². The number of likely N-dealkylation sites (tertiary alicyclic amines) is 1. The number of hydrogen-bond donors (Lipinski definition) is 1. The summed E-state index contributed by atoms with van der Waals surface area (Å²) in [6, 6.07) is 1.74. The summed E-state index contributed by atoms with van der Waals surface area (Å²) in [6.45, 7) is 2.38. The third-order valence-corrected chi connectivity index (χ3v) is 6.17. The maximum absolute atomic E-state index is 12.5. The van der Waals surface area contributed by atoms with E-state index in [1.165, 1.54) is 16.2 Å². The molecule has 1 aliphatic rings. The second-order valence-electron chi connectivity index (χ2n) is 7.39. The van der Waals surface area contributed by atoms with Crippen LogP contribution in [0.2, 0.25) is 0 Å². The number of carbonyl (C=O) groups is 1. The molecule has 1 aliphatic heterocycles. The number of thiophene rings is 1. The molecule has 3 aromatic rings. The number of aliphatic hydroxyl groups excluding tert-OH is 1. The quantitative estimate of drug-likeness (QED) is 0.679. The third-order valence-electron chi connectivity index (χ3n) is 5.26. The van der Waals surface area contributed by atoms with Crippen molar-refractivity contribution in [2.24, 2.45) is 0 Å². The second kappa shape index (κ2) is 7.56. The molecular weight excluding hydrogens is 405 g/mol. The van der Waals surface area contributed by atoms with Crippen LogP contribution in [0.15, 0.2) is 17.6 Å². The lowest BCUT2D eigenvalue weighted by molar-refractivity contribution is -0.150. The number of halogens is 3. The van der Waals surface area contributed by atoms with Gasteiger partial charge in [0.2, 0.25) is 5.91 Å². The predicted molar refractivity (Wildman–Crippen MR) is 104 cm³/mol. The van der Waals surface area contributed by atoms with Crippen molar-refractivity contribution in [2.45, 2.75) is 50.9 Å². The second-order valence-corrected chi connectivity index (χ2v) is 8.31. The molecular formula is C19H21F3N4O2S. The molecule has 2 unspecified atom stereocenters. The summed E-state index contributed by atoms with van der Waals surface area (Å²) >= 11 is 1.53. The maximum atomic E-state index is 12.5. The summed E-state index contributed by atoms with van der Waals surface area (Å²) in [5.74, 6) is -0.00438. The van der Waals surface area contributed by atoms with Gasteiger partial charge in [-0.3, -0.25) is 9.78 Å². The summed E-state index contributed by atoms with van der Waals surface area (Å²) in [6.07, 6.45) is -3.72. The largest absolute Gasteiger partial charge is 0.389 e. The van der Waals surface area contributed by atoms with Crippen LogP contribution in [0, 0.1) is 0 Å². The molecule has 0 spiro atoms. The third kappa shape index (κ3) is 3.95. The number of hydrogen-bond acceptors (Lipinski definition) is 5. The fraction of sp³-hybridized carbons (Fsp3) is 0.526. The molecule has 4 rings (SSSR count). The minimum Gasteiger partial charge on any atom is -0.385 e. The van der Waals surface area contributed by atoms with Crippen molar-refractivity contribution in [1.29, 1.82) is 0 Å². The molecule has 1 saturated heterocycles. The Hall–Kier alpha value is -2.20. The minimum atomic E-state index is -4.34. The van der Waals surface area contributed by atoms with Gasteiger partial charge in [0.25, 0.3) is 0 Å². The Bertz CT molecular complexity index is 1040. The van der Waals surface area contributed by atoms with Gasteiger partial charge in [-0.05, 0) is 31.2 Å². The predicted octanol–water partition coefficient (Wildman–Crippen LogP) is 4.21. The first-order valence-electron chi connectivity index (χ1n) is 9.51. The van der Waals surface area contributed by atoms with E-state index >= 15 is 0 Å². The van der Waals surface area contributed by atoms with Crippen LogP contribution in [0.1, 0.15) is 50.6 Å². The molecule has 2 atom stereocenters. The molecule has 1 N–H and O–H groups in total. The first kappa shape index (κ1) is 20.1. The number of alkyl halides is 3. The molecule has 0 aliphatic carbocycles. The SMILES string of the molecule is CC(O)c1nc2cnc3ccsc3c2n1C1CCCN(C(=O)CCC(F)(F)F)C1. The number of rotatable bonds is 4. The lowest BCUT2D eigenvalue weighted by Crippen LogP contribution is -2.41. The fourth-order valence-electron chi connectivity index (χ4n) is 3.96. The number of fused-ring (bicyclic) bond motifs is 3. The molecule has 1 fully saturated rings. The monoisotopic (exact) mass is 426 g/mol. The smallest absolute Gasteiger partial charge is 0.385 e. The van der Waals surface area contributed by atoms with E-state index in [1.54, 1.807) is 13.1 Å². The molecule has 156 valence electrons. The molecule has 0 bridgehead atoms. The molecule has 29 heavy (non-hydrogen) atoms. The first-order chi connectivity index (χ1) is 13.7. The number of aromatic nitrogens is 3. The summed E-state index contributed by atoms with van der Waals surface area (Å²) < 4.78 is 40.4. The average molecular weight is 426 g/mol. The van der Waals surface area contributed by atoms with Gasteiger partial charge in [-0.25, -0.2) is 4.98 Å². The van der Waals surface area contributed by atoms with E-state index < -0.39 is 31.0 Å². The Kier molecular flexibility index (Phi) is 5.24. The normalized spacial score (nSPS) is 19.2. The summed E-state index contributed by atoms with van der Waals surface area (Å²) in [5.41, 5.74) is 2.35. The molecule has 0 radical (unpaired) electrons. The van der Waals surface area contributed by atoms with Crippen molar-refractivity contribution in [3.8, 4) is 0 Å². The average Bonchev–Trinajstić information content (AvgIpc) is 3.29. The van der Waals surface area contributed by atoms with Crippen molar-refractivity contribution in [3.05, 3.63) is 23.5 Å². The molecule has 1 amide bonds. The molecule has 3 aromatic heterocycles. The van der Waals surface area contributed by atoms with Gasteiger partial charge in [0, 0.05) is 19.5 Å². The summed E-state index contributed by atoms with van der Waals surface area (Å²) in [7, 11) is 0. The summed E-state index contributed by atoms with van der Waals surface area (Å²) in [4.78, 5) is 22.8. The zero-order valence-electron chi connectivity index (χ0n) is 15.8. The van der Waals surface area contributed by atoms with Crippen LogP contribution in [-0.2, 0) is 4.79 Å². The topological polar surface area (TPSA) is 71.2 Å². The van der Waals surface area contributed by atoms with Crippen LogP contribution >= 0.6 is 11.3 Å². The lowest BCUT2D eigenvalue weighted by Gasteiger charge is -2.35. The highest BCUT2D eigenvalue weighted by Gasteiger charge is 2.32. The number of piperidine rings is 1. The van der Waals surface area contributed by atoms with E-state index in [0.717, 1.165) is 22.2 Å². The Morgan fingerprint density at radius 1 is 1.41 bits per heavy atom. The molecule has 6 nitrogen and oxygen atoms in total. The zero-order valence-corrected chi connectivity index (χ0v) is 16.6. The van der Waals surface area contributed by atoms with E-state index in [9.17, 15) is 23.1 Å². The minimum absolute atomic E-state index is 0.166. The fourth-order valence-corrected chi connectivity index (χ4v) is 4.85. The Morgan fingerprint density at radius 2 is 2.21 bits per heavy atom. The van der Waals surface area contributed by atoms with Crippen molar-refractivity contribution in [1.82, 2.24) is 19.4 Å². The molecule has 4 heterocycles. The van der Waals surface area contributed by atoms with Crippen LogP contribution in [0.5, 0.6) is 0 Å². The van der Waals surface area contributed by atoms with Gasteiger partial charge in [-0.15, -0.1) is 11.3 Å². The van der Waals surface area contributed by atoms with Crippen LogP contribution < -0.4 is 0 Å². The van der Waals surface area contributed by atoms with E-state index in [1.807, 2.05) is 16.0 Å². The van der Waals surface area contributed by atoms with Crippen molar-refractivity contribution in [2.75, 3.05) is 13.1 Å². The van der Waals surface area contributed by atoms with E-state index in [2.05, 4.69) is 9.97 Å².